The third-order valence-electron chi connectivity index (χ3n) is 12.0. The van der Waals surface area contributed by atoms with Crippen LogP contribution in [0, 0.1) is 0 Å². The monoisotopic (exact) mass is 726 g/mol. The molecule has 0 bridgehead atoms. The average molecular weight is 727 g/mol. The summed E-state index contributed by atoms with van der Waals surface area (Å²) < 4.78 is 0. The SMILES string of the molecule is CC1(C)c2c(cc(-c3ccc(-c4cc(-c5ccc(-c6ccccc6)cc5)nc(-c5ccccc5)n4)cc3)c3ccccc23)-c2c1c1ccccc1c1ccccc21. The van der Waals surface area contributed by atoms with E-state index in [9.17, 15) is 0 Å². The van der Waals surface area contributed by atoms with Gasteiger partial charge in [-0.15, -0.1) is 0 Å². The van der Waals surface area contributed by atoms with Crippen LogP contribution in [0.1, 0.15) is 25.0 Å². The Labute approximate surface area is 332 Å². The Morgan fingerprint density at radius 1 is 0.316 bits per heavy atom. The van der Waals surface area contributed by atoms with Crippen LogP contribution in [0.3, 0.4) is 0 Å². The van der Waals surface area contributed by atoms with E-state index in [2.05, 4.69) is 190 Å². The maximum Gasteiger partial charge on any atom is 0.160 e. The van der Waals surface area contributed by atoms with E-state index >= 15 is 0 Å². The number of aromatic nitrogens is 2. The van der Waals surface area contributed by atoms with Crippen LogP contribution in [-0.4, -0.2) is 9.97 Å². The van der Waals surface area contributed by atoms with Crippen LogP contribution < -0.4 is 0 Å². The average Bonchev–Trinajstić information content (AvgIpc) is 3.53. The molecule has 2 nitrogen and oxygen atoms in total. The number of rotatable bonds is 5. The lowest BCUT2D eigenvalue weighted by Crippen LogP contribution is -2.16. The Kier molecular flexibility index (Phi) is 7.55. The van der Waals surface area contributed by atoms with Gasteiger partial charge in [0.05, 0.1) is 11.4 Å². The fraction of sp³-hybridized carbons (Fsp3) is 0.0545. The van der Waals surface area contributed by atoms with Crippen molar-refractivity contribution in [2.45, 2.75) is 19.3 Å². The van der Waals surface area contributed by atoms with Crippen LogP contribution in [0.25, 0.3) is 99.6 Å². The molecule has 0 unspecified atom stereocenters. The summed E-state index contributed by atoms with van der Waals surface area (Å²) in [4.78, 5) is 10.2. The summed E-state index contributed by atoms with van der Waals surface area (Å²) in [7, 11) is 0. The Morgan fingerprint density at radius 2 is 0.737 bits per heavy atom. The van der Waals surface area contributed by atoms with Gasteiger partial charge in [0, 0.05) is 22.1 Å². The minimum atomic E-state index is -0.181. The quantitative estimate of drug-likeness (QED) is 0.165. The van der Waals surface area contributed by atoms with Crippen molar-refractivity contribution in [3.05, 3.63) is 205 Å². The zero-order chi connectivity index (χ0) is 38.1. The Balaban J connectivity index is 1.05. The number of benzene rings is 9. The lowest BCUT2D eigenvalue weighted by atomic mass is 9.77. The second-order valence-corrected chi connectivity index (χ2v) is 15.7. The summed E-state index contributed by atoms with van der Waals surface area (Å²) in [6, 6.07) is 69.9. The second-order valence-electron chi connectivity index (χ2n) is 15.7. The van der Waals surface area contributed by atoms with Crippen LogP contribution in [0.5, 0.6) is 0 Å². The molecule has 1 heterocycles. The van der Waals surface area contributed by atoms with Crippen molar-refractivity contribution in [3.63, 3.8) is 0 Å². The highest BCUT2D eigenvalue weighted by Gasteiger charge is 2.40. The maximum absolute atomic E-state index is 5.15. The molecule has 268 valence electrons. The van der Waals surface area contributed by atoms with E-state index in [1.807, 2.05) is 18.2 Å². The summed E-state index contributed by atoms with van der Waals surface area (Å²) in [6.45, 7) is 4.83. The van der Waals surface area contributed by atoms with Crippen molar-refractivity contribution in [3.8, 4) is 67.3 Å². The molecule has 1 aromatic heterocycles. The smallest absolute Gasteiger partial charge is 0.160 e. The standard InChI is InChI=1S/C55H38N2/c1-55(2)52-45-23-13-11-21-43(45)47(33-48(52)51-44-22-12-9-19-41(44)42-20-10-14-24-46(42)53(51)55)37-27-31-39(32-28-37)50-34-49(56-54(57-50)40-17-7-4-8-18-40)38-29-25-36(26-30-38)35-15-5-3-6-16-35/h3-34H,1-2H3. The lowest BCUT2D eigenvalue weighted by molar-refractivity contribution is 0.672. The molecule has 1 aliphatic carbocycles. The lowest BCUT2D eigenvalue weighted by Gasteiger charge is -2.25. The summed E-state index contributed by atoms with van der Waals surface area (Å²) in [5.41, 5.74) is 15.0. The minimum absolute atomic E-state index is 0.181. The molecule has 9 aromatic carbocycles. The van der Waals surface area contributed by atoms with Gasteiger partial charge in [-0.1, -0.05) is 196 Å². The molecule has 0 N–H and O–H groups in total. The van der Waals surface area contributed by atoms with Gasteiger partial charge in [-0.3, -0.25) is 0 Å². The topological polar surface area (TPSA) is 25.8 Å². The molecule has 2 heteroatoms. The van der Waals surface area contributed by atoms with Gasteiger partial charge in [-0.25, -0.2) is 9.97 Å². The van der Waals surface area contributed by atoms with Gasteiger partial charge in [0.1, 0.15) is 0 Å². The fourth-order valence-corrected chi connectivity index (χ4v) is 9.42. The number of fused-ring (bicyclic) bond motifs is 10. The molecule has 0 saturated carbocycles. The minimum Gasteiger partial charge on any atom is -0.228 e. The van der Waals surface area contributed by atoms with Crippen molar-refractivity contribution >= 4 is 32.3 Å². The van der Waals surface area contributed by atoms with Crippen LogP contribution >= 0.6 is 0 Å². The first kappa shape index (κ1) is 33.2. The first-order valence-corrected chi connectivity index (χ1v) is 19.7. The van der Waals surface area contributed by atoms with Crippen molar-refractivity contribution in [1.29, 1.82) is 0 Å². The summed E-state index contributed by atoms with van der Waals surface area (Å²) >= 11 is 0. The number of nitrogens with zero attached hydrogens (tertiary/aromatic N) is 2. The van der Waals surface area contributed by atoms with E-state index in [1.165, 1.54) is 76.8 Å². The molecule has 0 saturated heterocycles. The number of hydrogen-bond acceptors (Lipinski definition) is 2. The predicted molar refractivity (Wildman–Crippen MR) is 239 cm³/mol. The molecule has 1 aliphatic rings. The van der Waals surface area contributed by atoms with Crippen LogP contribution in [0.15, 0.2) is 194 Å². The van der Waals surface area contributed by atoms with Gasteiger partial charge in [-0.2, -0.15) is 0 Å². The van der Waals surface area contributed by atoms with Crippen molar-refractivity contribution in [2.24, 2.45) is 0 Å². The molecule has 0 spiro atoms. The molecular formula is C55H38N2. The van der Waals surface area contributed by atoms with E-state index in [1.54, 1.807) is 0 Å². The van der Waals surface area contributed by atoms with E-state index in [0.29, 0.717) is 5.82 Å². The van der Waals surface area contributed by atoms with Crippen molar-refractivity contribution in [1.82, 2.24) is 9.97 Å². The molecular weight excluding hydrogens is 689 g/mol. The van der Waals surface area contributed by atoms with Crippen molar-refractivity contribution < 1.29 is 0 Å². The molecule has 0 aliphatic heterocycles. The van der Waals surface area contributed by atoms with Gasteiger partial charge in [0.25, 0.3) is 0 Å². The maximum atomic E-state index is 5.15. The van der Waals surface area contributed by atoms with Gasteiger partial charge in [0.15, 0.2) is 5.82 Å². The Hall–Kier alpha value is -7.16. The van der Waals surface area contributed by atoms with Crippen molar-refractivity contribution in [2.75, 3.05) is 0 Å². The van der Waals surface area contributed by atoms with Crippen LogP contribution in [0.4, 0.5) is 0 Å². The molecule has 10 aromatic rings. The molecule has 57 heavy (non-hydrogen) atoms. The second kappa shape index (κ2) is 13.0. The molecule has 0 radical (unpaired) electrons. The predicted octanol–water partition coefficient (Wildman–Crippen LogP) is 14.6. The zero-order valence-electron chi connectivity index (χ0n) is 31.9. The van der Waals surface area contributed by atoms with E-state index in [0.717, 1.165) is 28.1 Å². The van der Waals surface area contributed by atoms with Crippen LogP contribution in [0.2, 0.25) is 0 Å². The zero-order valence-corrected chi connectivity index (χ0v) is 31.9. The normalized spacial score (nSPS) is 12.9. The summed E-state index contributed by atoms with van der Waals surface area (Å²) in [5.74, 6) is 0.713. The first-order valence-electron chi connectivity index (χ1n) is 19.7. The van der Waals surface area contributed by atoms with E-state index in [4.69, 9.17) is 9.97 Å². The van der Waals surface area contributed by atoms with E-state index < -0.39 is 0 Å². The highest BCUT2D eigenvalue weighted by Crippen LogP contribution is 2.57. The van der Waals surface area contributed by atoms with Gasteiger partial charge < -0.3 is 0 Å². The van der Waals surface area contributed by atoms with Gasteiger partial charge in [-0.05, 0) is 89.0 Å². The summed E-state index contributed by atoms with van der Waals surface area (Å²) in [5, 5.41) is 7.87. The summed E-state index contributed by atoms with van der Waals surface area (Å²) in [6.07, 6.45) is 0. The fourth-order valence-electron chi connectivity index (χ4n) is 9.42. The molecule has 0 fully saturated rings. The highest BCUT2D eigenvalue weighted by molar-refractivity contribution is 6.20. The molecule has 0 amide bonds. The third kappa shape index (κ3) is 5.33. The highest BCUT2D eigenvalue weighted by atomic mass is 14.9. The largest absolute Gasteiger partial charge is 0.228 e. The first-order chi connectivity index (χ1) is 28.0. The molecule has 11 rings (SSSR count). The Bertz CT molecular complexity index is 3160. The molecule has 0 atom stereocenters. The van der Waals surface area contributed by atoms with Crippen LogP contribution in [-0.2, 0) is 5.41 Å². The Morgan fingerprint density at radius 3 is 1.33 bits per heavy atom. The van der Waals surface area contributed by atoms with Gasteiger partial charge >= 0.3 is 0 Å². The number of hydrogen-bond donors (Lipinski definition) is 0. The van der Waals surface area contributed by atoms with E-state index in [-0.39, 0.29) is 5.41 Å². The van der Waals surface area contributed by atoms with Gasteiger partial charge in [0.2, 0.25) is 0 Å². The third-order valence-corrected chi connectivity index (χ3v) is 12.0.